The van der Waals surface area contributed by atoms with E-state index < -0.39 is 21.0 Å². The fourth-order valence-electron chi connectivity index (χ4n) is 2.90. The lowest BCUT2D eigenvalue weighted by Gasteiger charge is -2.22. The number of halogens is 4. The van der Waals surface area contributed by atoms with E-state index in [9.17, 15) is 9.59 Å². The number of hydrogen-bond acceptors (Lipinski definition) is 4. The molecule has 0 saturated heterocycles. The molecule has 0 bridgehead atoms. The third kappa shape index (κ3) is 6.17. The minimum Gasteiger partial charge on any atom is -0.378 e. The molecule has 1 atom stereocenters. The van der Waals surface area contributed by atoms with Gasteiger partial charge in [-0.2, -0.15) is 5.01 Å². The highest BCUT2D eigenvalue weighted by atomic mass is 35.6. The number of carbonyl (C=O) groups is 2. The molecule has 0 radical (unpaired) electrons. The molecule has 6 nitrogen and oxygen atoms in total. The predicted octanol–water partition coefficient (Wildman–Crippen LogP) is 4.78. The Morgan fingerprint density at radius 2 is 1.75 bits per heavy atom. The standard InChI is InChI=1S/C22H20Cl4N4O2/c1-29(2)16-10-8-14(9-11-16)12-18-21(32)30(19(27-18)15-6-4-3-5-7-15)28-20(31)17(23)13-22(24,25)26/h3-12,17H,13H2,1-2H3,(H,28,31)/b18-12-. The number of amidine groups is 1. The Hall–Kier alpha value is -2.25. The quantitative estimate of drug-likeness (QED) is 0.446. The fraction of sp³-hybridized carbons (Fsp3) is 0.227. The van der Waals surface area contributed by atoms with E-state index in [1.807, 2.05) is 49.3 Å². The Kier molecular flexibility index (Phi) is 7.72. The van der Waals surface area contributed by atoms with Gasteiger partial charge in [-0.25, -0.2) is 4.99 Å². The number of benzene rings is 2. The molecule has 2 aromatic rings. The molecule has 32 heavy (non-hydrogen) atoms. The third-order valence-electron chi connectivity index (χ3n) is 4.52. The van der Waals surface area contributed by atoms with Crippen LogP contribution >= 0.6 is 46.4 Å². The van der Waals surface area contributed by atoms with Crippen molar-refractivity contribution in [1.82, 2.24) is 10.4 Å². The SMILES string of the molecule is CN(C)c1ccc(/C=C2\N=C(c3ccccc3)N(NC(=O)C(Cl)CC(Cl)(Cl)Cl)C2=O)cc1. The summed E-state index contributed by atoms with van der Waals surface area (Å²) in [5.74, 6) is -0.934. The molecule has 0 fully saturated rings. The van der Waals surface area contributed by atoms with Gasteiger partial charge in [0.15, 0.2) is 9.63 Å². The molecule has 1 aliphatic heterocycles. The topological polar surface area (TPSA) is 65.0 Å². The van der Waals surface area contributed by atoms with Crippen LogP contribution in [-0.4, -0.2) is 45.9 Å². The van der Waals surface area contributed by atoms with Crippen LogP contribution in [0.3, 0.4) is 0 Å². The van der Waals surface area contributed by atoms with E-state index in [4.69, 9.17) is 46.4 Å². The molecule has 168 valence electrons. The normalized spacial score (nSPS) is 16.2. The van der Waals surface area contributed by atoms with Crippen molar-refractivity contribution >= 4 is 75.8 Å². The number of nitrogens with zero attached hydrogens (tertiary/aromatic N) is 3. The lowest BCUT2D eigenvalue weighted by Crippen LogP contribution is -2.50. The molecule has 1 aliphatic rings. The van der Waals surface area contributed by atoms with Crippen LogP contribution in [0.25, 0.3) is 6.08 Å². The lowest BCUT2D eigenvalue weighted by molar-refractivity contribution is -0.133. The van der Waals surface area contributed by atoms with E-state index in [1.54, 1.807) is 30.3 Å². The summed E-state index contributed by atoms with van der Waals surface area (Å²) in [5.41, 5.74) is 5.11. The summed E-state index contributed by atoms with van der Waals surface area (Å²) in [6, 6.07) is 16.6. The van der Waals surface area contributed by atoms with Crippen molar-refractivity contribution in [3.05, 3.63) is 71.4 Å². The van der Waals surface area contributed by atoms with E-state index >= 15 is 0 Å². The average molecular weight is 514 g/mol. The van der Waals surface area contributed by atoms with Crippen LogP contribution in [0.1, 0.15) is 17.5 Å². The highest BCUT2D eigenvalue weighted by Gasteiger charge is 2.35. The van der Waals surface area contributed by atoms with Crippen molar-refractivity contribution in [3.63, 3.8) is 0 Å². The monoisotopic (exact) mass is 512 g/mol. The van der Waals surface area contributed by atoms with Crippen LogP contribution in [0, 0.1) is 0 Å². The van der Waals surface area contributed by atoms with Gasteiger partial charge in [-0.15, -0.1) is 11.6 Å². The first kappa shape index (κ1) is 24.4. The molecular weight excluding hydrogens is 494 g/mol. The highest BCUT2D eigenvalue weighted by Crippen LogP contribution is 2.33. The molecule has 10 heteroatoms. The molecule has 1 heterocycles. The van der Waals surface area contributed by atoms with Gasteiger partial charge in [0.05, 0.1) is 0 Å². The number of aliphatic imine (C=N–C) groups is 1. The largest absolute Gasteiger partial charge is 0.378 e. The zero-order valence-corrected chi connectivity index (χ0v) is 20.3. The Bertz CT molecular complexity index is 1050. The number of nitrogens with one attached hydrogen (secondary N) is 1. The Labute approximate surface area is 206 Å². The van der Waals surface area contributed by atoms with Crippen LogP contribution in [0.15, 0.2) is 65.3 Å². The molecule has 3 rings (SSSR count). The Morgan fingerprint density at radius 3 is 2.31 bits per heavy atom. The van der Waals surface area contributed by atoms with Gasteiger partial charge >= 0.3 is 0 Å². The number of hydrazine groups is 1. The molecular formula is C22H20Cl4N4O2. The van der Waals surface area contributed by atoms with Gasteiger partial charge in [0.2, 0.25) is 0 Å². The predicted molar refractivity (Wildman–Crippen MR) is 131 cm³/mol. The van der Waals surface area contributed by atoms with Crippen LogP contribution in [-0.2, 0) is 9.59 Å². The van der Waals surface area contributed by atoms with Gasteiger partial charge in [0.1, 0.15) is 11.1 Å². The summed E-state index contributed by atoms with van der Waals surface area (Å²) in [5, 5.41) is -0.107. The molecule has 1 unspecified atom stereocenters. The summed E-state index contributed by atoms with van der Waals surface area (Å²) < 4.78 is -1.71. The molecule has 2 aromatic carbocycles. The minimum atomic E-state index is -1.71. The van der Waals surface area contributed by atoms with Crippen LogP contribution in [0.5, 0.6) is 0 Å². The number of anilines is 1. The van der Waals surface area contributed by atoms with Gasteiger partial charge in [0.25, 0.3) is 11.8 Å². The van der Waals surface area contributed by atoms with E-state index in [0.717, 1.165) is 16.3 Å². The maximum absolute atomic E-state index is 13.1. The molecule has 0 aromatic heterocycles. The maximum Gasteiger partial charge on any atom is 0.297 e. The average Bonchev–Trinajstić information content (AvgIpc) is 3.03. The Balaban J connectivity index is 1.90. The van der Waals surface area contributed by atoms with Gasteiger partial charge in [-0.05, 0) is 23.8 Å². The number of amides is 2. The molecule has 0 saturated carbocycles. The number of rotatable bonds is 6. The minimum absolute atomic E-state index is 0.161. The first-order valence-electron chi connectivity index (χ1n) is 9.54. The highest BCUT2D eigenvalue weighted by molar-refractivity contribution is 6.67. The molecule has 1 N–H and O–H groups in total. The smallest absolute Gasteiger partial charge is 0.297 e. The van der Waals surface area contributed by atoms with Crippen molar-refractivity contribution < 1.29 is 9.59 Å². The van der Waals surface area contributed by atoms with E-state index in [1.165, 1.54) is 0 Å². The summed E-state index contributed by atoms with van der Waals surface area (Å²) in [6.45, 7) is 0. The van der Waals surface area contributed by atoms with E-state index in [2.05, 4.69) is 10.4 Å². The second-order valence-electron chi connectivity index (χ2n) is 7.22. The van der Waals surface area contributed by atoms with Crippen molar-refractivity contribution in [2.24, 2.45) is 4.99 Å². The second kappa shape index (κ2) is 10.1. The van der Waals surface area contributed by atoms with Crippen LogP contribution in [0.4, 0.5) is 5.69 Å². The van der Waals surface area contributed by atoms with E-state index in [0.29, 0.717) is 5.56 Å². The zero-order chi connectivity index (χ0) is 23.5. The van der Waals surface area contributed by atoms with Crippen LogP contribution in [0.2, 0.25) is 0 Å². The first-order valence-corrected chi connectivity index (χ1v) is 11.1. The summed E-state index contributed by atoms with van der Waals surface area (Å²) in [6.07, 6.45) is 1.42. The van der Waals surface area contributed by atoms with Gasteiger partial charge in [-0.1, -0.05) is 77.3 Å². The van der Waals surface area contributed by atoms with Gasteiger partial charge in [0, 0.05) is 31.8 Å². The van der Waals surface area contributed by atoms with Crippen LogP contribution < -0.4 is 10.3 Å². The second-order valence-corrected chi connectivity index (χ2v) is 10.3. The van der Waals surface area contributed by atoms with Gasteiger partial charge in [-0.3, -0.25) is 15.0 Å². The zero-order valence-electron chi connectivity index (χ0n) is 17.2. The number of hydrogen-bond donors (Lipinski definition) is 1. The summed E-state index contributed by atoms with van der Waals surface area (Å²) in [4.78, 5) is 32.1. The van der Waals surface area contributed by atoms with Crippen molar-refractivity contribution in [1.29, 1.82) is 0 Å². The summed E-state index contributed by atoms with van der Waals surface area (Å²) >= 11 is 23.3. The number of carbonyl (C=O) groups excluding carboxylic acids is 2. The number of alkyl halides is 4. The fourth-order valence-corrected chi connectivity index (χ4v) is 3.88. The summed E-state index contributed by atoms with van der Waals surface area (Å²) in [7, 11) is 3.88. The molecule has 0 aliphatic carbocycles. The lowest BCUT2D eigenvalue weighted by atomic mass is 10.1. The molecule has 2 amide bonds. The van der Waals surface area contributed by atoms with Crippen molar-refractivity contribution in [2.45, 2.75) is 15.6 Å². The van der Waals surface area contributed by atoms with Crippen molar-refractivity contribution in [3.8, 4) is 0 Å². The third-order valence-corrected chi connectivity index (χ3v) is 5.34. The van der Waals surface area contributed by atoms with Gasteiger partial charge < -0.3 is 4.90 Å². The molecule has 0 spiro atoms. The van der Waals surface area contributed by atoms with Crippen molar-refractivity contribution in [2.75, 3.05) is 19.0 Å². The Morgan fingerprint density at radius 1 is 1.12 bits per heavy atom. The first-order chi connectivity index (χ1) is 15.0. The maximum atomic E-state index is 13.1. The van der Waals surface area contributed by atoms with E-state index in [-0.39, 0.29) is 18.0 Å².